The number of nitrogens with zero attached hydrogens (tertiary/aromatic N) is 2. The first-order chi connectivity index (χ1) is 13.4. The zero-order valence-corrected chi connectivity index (χ0v) is 17.5. The van der Waals surface area contributed by atoms with Crippen LogP contribution in [0, 0.1) is 0 Å². The molecule has 1 atom stereocenters. The molecule has 5 heteroatoms. The summed E-state index contributed by atoms with van der Waals surface area (Å²) in [4.78, 5) is 17.5. The lowest BCUT2D eigenvalue weighted by molar-refractivity contribution is 0.0216. The van der Waals surface area contributed by atoms with Gasteiger partial charge in [0.15, 0.2) is 0 Å². The van der Waals surface area contributed by atoms with Gasteiger partial charge in [0, 0.05) is 31.8 Å². The Morgan fingerprint density at radius 3 is 2.50 bits per heavy atom. The standard InChI is InChI=1S/C23H36N2O3/c1-23(2,27)12-11-19-7-9-20(10-8-19)22(26)25-15-6-16-28-21(18-25)17-24-13-4-3-5-14-24/h7-10,21,27H,3-6,11-18H2,1-2H3/t21-/m1/s1. The second-order valence-electron chi connectivity index (χ2n) is 8.97. The molecular weight excluding hydrogens is 352 g/mol. The van der Waals surface area contributed by atoms with Gasteiger partial charge in [-0.2, -0.15) is 0 Å². The van der Waals surface area contributed by atoms with Gasteiger partial charge in [0.1, 0.15) is 0 Å². The van der Waals surface area contributed by atoms with E-state index in [2.05, 4.69) is 4.90 Å². The molecule has 2 heterocycles. The topological polar surface area (TPSA) is 53.0 Å². The van der Waals surface area contributed by atoms with Crippen LogP contribution < -0.4 is 0 Å². The smallest absolute Gasteiger partial charge is 0.253 e. The summed E-state index contributed by atoms with van der Waals surface area (Å²) in [7, 11) is 0. The molecule has 2 saturated heterocycles. The van der Waals surface area contributed by atoms with Crippen molar-refractivity contribution >= 4 is 5.91 Å². The number of hydrogen-bond acceptors (Lipinski definition) is 4. The van der Waals surface area contributed by atoms with Gasteiger partial charge in [-0.05, 0) is 76.7 Å². The van der Waals surface area contributed by atoms with Crippen LogP contribution in [0.3, 0.4) is 0 Å². The molecule has 156 valence electrons. The molecule has 0 saturated carbocycles. The van der Waals surface area contributed by atoms with Crippen LogP contribution in [0.25, 0.3) is 0 Å². The summed E-state index contributed by atoms with van der Waals surface area (Å²) in [6.45, 7) is 9.06. The van der Waals surface area contributed by atoms with E-state index in [1.807, 2.05) is 43.0 Å². The van der Waals surface area contributed by atoms with E-state index in [9.17, 15) is 9.90 Å². The normalized spacial score (nSPS) is 22.1. The Labute approximate surface area is 169 Å². The van der Waals surface area contributed by atoms with Crippen molar-refractivity contribution in [2.24, 2.45) is 0 Å². The fourth-order valence-corrected chi connectivity index (χ4v) is 4.07. The van der Waals surface area contributed by atoms with E-state index in [1.165, 1.54) is 19.3 Å². The Balaban J connectivity index is 1.57. The van der Waals surface area contributed by atoms with Crippen molar-refractivity contribution in [1.82, 2.24) is 9.80 Å². The highest BCUT2D eigenvalue weighted by molar-refractivity contribution is 5.94. The number of aryl methyl sites for hydroxylation is 1. The van der Waals surface area contributed by atoms with E-state index < -0.39 is 5.60 Å². The average molecular weight is 389 g/mol. The molecule has 2 aliphatic heterocycles. The van der Waals surface area contributed by atoms with Crippen LogP contribution in [0.15, 0.2) is 24.3 Å². The van der Waals surface area contributed by atoms with E-state index in [4.69, 9.17) is 4.74 Å². The highest BCUT2D eigenvalue weighted by atomic mass is 16.5. The Kier molecular flexibility index (Phi) is 7.49. The number of rotatable bonds is 6. The third-order valence-corrected chi connectivity index (χ3v) is 5.77. The second-order valence-corrected chi connectivity index (χ2v) is 8.97. The molecule has 0 unspecified atom stereocenters. The van der Waals surface area contributed by atoms with E-state index in [0.717, 1.165) is 56.8 Å². The predicted octanol–water partition coefficient (Wildman–Crippen LogP) is 3.11. The van der Waals surface area contributed by atoms with E-state index in [1.54, 1.807) is 0 Å². The molecule has 28 heavy (non-hydrogen) atoms. The first-order valence-electron chi connectivity index (χ1n) is 10.9. The lowest BCUT2D eigenvalue weighted by Crippen LogP contribution is -2.43. The number of carbonyl (C=O) groups is 1. The van der Waals surface area contributed by atoms with Crippen LogP contribution in [-0.4, -0.2) is 71.8 Å². The largest absolute Gasteiger partial charge is 0.390 e. The number of benzene rings is 1. The Morgan fingerprint density at radius 2 is 1.82 bits per heavy atom. The fourth-order valence-electron chi connectivity index (χ4n) is 4.07. The molecule has 1 aromatic carbocycles. The van der Waals surface area contributed by atoms with Crippen molar-refractivity contribution in [3.05, 3.63) is 35.4 Å². The molecular formula is C23H36N2O3. The molecule has 1 N–H and O–H groups in total. The highest BCUT2D eigenvalue weighted by Crippen LogP contribution is 2.17. The number of amides is 1. The van der Waals surface area contributed by atoms with Crippen LogP contribution in [-0.2, 0) is 11.2 Å². The Morgan fingerprint density at radius 1 is 1.11 bits per heavy atom. The van der Waals surface area contributed by atoms with Crippen molar-refractivity contribution in [3.63, 3.8) is 0 Å². The lowest BCUT2D eigenvalue weighted by atomic mass is 9.98. The molecule has 2 aliphatic rings. The molecule has 5 nitrogen and oxygen atoms in total. The minimum Gasteiger partial charge on any atom is -0.390 e. The number of likely N-dealkylation sites (tertiary alicyclic amines) is 1. The molecule has 0 aliphatic carbocycles. The quantitative estimate of drug-likeness (QED) is 0.814. The van der Waals surface area contributed by atoms with Gasteiger partial charge >= 0.3 is 0 Å². The molecule has 0 radical (unpaired) electrons. The van der Waals surface area contributed by atoms with Gasteiger partial charge in [0.05, 0.1) is 11.7 Å². The van der Waals surface area contributed by atoms with Gasteiger partial charge in [0.2, 0.25) is 0 Å². The number of carbonyl (C=O) groups excluding carboxylic acids is 1. The van der Waals surface area contributed by atoms with Gasteiger partial charge in [-0.25, -0.2) is 0 Å². The maximum Gasteiger partial charge on any atom is 0.253 e. The summed E-state index contributed by atoms with van der Waals surface area (Å²) in [6.07, 6.45) is 6.40. The first kappa shape index (κ1) is 21.3. The maximum atomic E-state index is 13.0. The molecule has 3 rings (SSSR count). The van der Waals surface area contributed by atoms with Gasteiger partial charge in [-0.1, -0.05) is 18.6 Å². The van der Waals surface area contributed by atoms with Gasteiger partial charge in [-0.15, -0.1) is 0 Å². The zero-order valence-electron chi connectivity index (χ0n) is 17.5. The summed E-state index contributed by atoms with van der Waals surface area (Å²) in [5.41, 5.74) is 1.23. The number of hydrogen-bond donors (Lipinski definition) is 1. The van der Waals surface area contributed by atoms with Gasteiger partial charge in [0.25, 0.3) is 5.91 Å². The minimum atomic E-state index is -0.663. The lowest BCUT2D eigenvalue weighted by Gasteiger charge is -2.31. The van der Waals surface area contributed by atoms with Gasteiger partial charge < -0.3 is 19.6 Å². The second kappa shape index (κ2) is 9.86. The van der Waals surface area contributed by atoms with E-state index in [0.29, 0.717) is 13.0 Å². The van der Waals surface area contributed by atoms with Crippen LogP contribution in [0.4, 0.5) is 0 Å². The third-order valence-electron chi connectivity index (χ3n) is 5.77. The monoisotopic (exact) mass is 388 g/mol. The molecule has 0 bridgehead atoms. The summed E-state index contributed by atoms with van der Waals surface area (Å²) in [5.74, 6) is 0.100. The van der Waals surface area contributed by atoms with Crippen molar-refractivity contribution in [2.75, 3.05) is 39.3 Å². The summed E-state index contributed by atoms with van der Waals surface area (Å²) < 4.78 is 6.05. The predicted molar refractivity (Wildman–Crippen MR) is 112 cm³/mol. The average Bonchev–Trinajstić information content (AvgIpc) is 2.92. The number of piperidine rings is 1. The van der Waals surface area contributed by atoms with E-state index in [-0.39, 0.29) is 12.0 Å². The van der Waals surface area contributed by atoms with Gasteiger partial charge in [-0.3, -0.25) is 4.79 Å². The van der Waals surface area contributed by atoms with Crippen LogP contribution >= 0.6 is 0 Å². The summed E-state index contributed by atoms with van der Waals surface area (Å²) >= 11 is 0. The SMILES string of the molecule is CC(C)(O)CCc1ccc(C(=O)N2CCCO[C@H](CN3CCCCC3)C2)cc1. The summed E-state index contributed by atoms with van der Waals surface area (Å²) in [5, 5.41) is 9.88. The van der Waals surface area contributed by atoms with E-state index >= 15 is 0 Å². The molecule has 0 spiro atoms. The third kappa shape index (κ3) is 6.57. The Hall–Kier alpha value is -1.43. The molecule has 0 aromatic heterocycles. The molecule has 1 aromatic rings. The van der Waals surface area contributed by atoms with Crippen LogP contribution in [0.5, 0.6) is 0 Å². The van der Waals surface area contributed by atoms with Crippen LogP contribution in [0.1, 0.15) is 61.9 Å². The fraction of sp³-hybridized carbons (Fsp3) is 0.696. The van der Waals surface area contributed by atoms with Crippen molar-refractivity contribution in [2.45, 2.75) is 64.1 Å². The first-order valence-corrected chi connectivity index (χ1v) is 10.9. The number of ether oxygens (including phenoxy) is 1. The van der Waals surface area contributed by atoms with Crippen LogP contribution in [0.2, 0.25) is 0 Å². The molecule has 2 fully saturated rings. The van der Waals surface area contributed by atoms with Crippen molar-refractivity contribution in [3.8, 4) is 0 Å². The van der Waals surface area contributed by atoms with Crippen molar-refractivity contribution in [1.29, 1.82) is 0 Å². The zero-order chi connectivity index (χ0) is 20.0. The Bertz CT molecular complexity index is 618. The minimum absolute atomic E-state index is 0.100. The van der Waals surface area contributed by atoms with Crippen molar-refractivity contribution < 1.29 is 14.6 Å². The highest BCUT2D eigenvalue weighted by Gasteiger charge is 2.25. The number of aliphatic hydroxyl groups is 1. The maximum absolute atomic E-state index is 13.0. The summed E-state index contributed by atoms with van der Waals surface area (Å²) in [6, 6.07) is 7.87. The molecule has 1 amide bonds.